The van der Waals surface area contributed by atoms with Gasteiger partial charge in [0.15, 0.2) is 0 Å². The largest absolute Gasteiger partial charge is 0.354 e. The summed E-state index contributed by atoms with van der Waals surface area (Å²) in [6.45, 7) is 2.53. The Kier molecular flexibility index (Phi) is 5.01. The predicted octanol–water partition coefficient (Wildman–Crippen LogP) is 1.91. The Balaban J connectivity index is 1.79. The molecule has 1 aromatic carbocycles. The van der Waals surface area contributed by atoms with E-state index in [-0.39, 0.29) is 17.7 Å². The van der Waals surface area contributed by atoms with Crippen molar-refractivity contribution in [3.05, 3.63) is 34.9 Å². The van der Waals surface area contributed by atoms with E-state index in [1.165, 1.54) is 0 Å². The number of amides is 2. The summed E-state index contributed by atoms with van der Waals surface area (Å²) >= 11 is 5.91. The summed E-state index contributed by atoms with van der Waals surface area (Å²) in [7, 11) is 0. The average molecular weight is 295 g/mol. The van der Waals surface area contributed by atoms with Crippen LogP contribution < -0.4 is 10.6 Å². The van der Waals surface area contributed by atoms with E-state index >= 15 is 0 Å². The maximum atomic E-state index is 12.0. The summed E-state index contributed by atoms with van der Waals surface area (Å²) in [6.07, 6.45) is 1.93. The van der Waals surface area contributed by atoms with E-state index in [0.29, 0.717) is 24.4 Å². The van der Waals surface area contributed by atoms with Crippen molar-refractivity contribution in [3.8, 4) is 0 Å². The van der Waals surface area contributed by atoms with E-state index in [1.54, 1.807) is 0 Å². The van der Waals surface area contributed by atoms with E-state index in [0.717, 1.165) is 12.0 Å². The molecule has 2 amide bonds. The number of carbonyl (C=O) groups is 2. The van der Waals surface area contributed by atoms with Crippen molar-refractivity contribution >= 4 is 23.4 Å². The van der Waals surface area contributed by atoms with Gasteiger partial charge in [-0.3, -0.25) is 9.59 Å². The zero-order chi connectivity index (χ0) is 14.5. The lowest BCUT2D eigenvalue weighted by atomic mass is 9.93. The molecule has 0 bridgehead atoms. The van der Waals surface area contributed by atoms with Gasteiger partial charge in [0.05, 0.1) is 0 Å². The zero-order valence-electron chi connectivity index (χ0n) is 11.5. The molecule has 0 radical (unpaired) electrons. The van der Waals surface area contributed by atoms with Crippen molar-refractivity contribution in [2.75, 3.05) is 6.54 Å². The lowest BCUT2D eigenvalue weighted by molar-refractivity contribution is -0.132. The second-order valence-electron chi connectivity index (χ2n) is 5.34. The molecule has 108 valence electrons. The highest BCUT2D eigenvalue weighted by molar-refractivity contribution is 6.30. The van der Waals surface area contributed by atoms with E-state index in [4.69, 9.17) is 11.6 Å². The van der Waals surface area contributed by atoms with Gasteiger partial charge in [0, 0.05) is 18.0 Å². The Morgan fingerprint density at radius 1 is 1.50 bits per heavy atom. The fourth-order valence-electron chi connectivity index (χ4n) is 2.43. The molecule has 20 heavy (non-hydrogen) atoms. The van der Waals surface area contributed by atoms with Crippen LogP contribution in [-0.4, -0.2) is 24.4 Å². The number of benzene rings is 1. The minimum absolute atomic E-state index is 0.0428. The van der Waals surface area contributed by atoms with Gasteiger partial charge in [-0.2, -0.15) is 0 Å². The van der Waals surface area contributed by atoms with Crippen LogP contribution >= 0.6 is 11.6 Å². The first-order chi connectivity index (χ1) is 9.54. The summed E-state index contributed by atoms with van der Waals surface area (Å²) in [6, 6.07) is 7.18. The molecule has 1 aliphatic heterocycles. The van der Waals surface area contributed by atoms with Crippen molar-refractivity contribution in [1.82, 2.24) is 10.6 Å². The molecule has 0 unspecified atom stereocenters. The molecule has 4 nitrogen and oxygen atoms in total. The molecule has 1 saturated heterocycles. The Morgan fingerprint density at radius 2 is 2.30 bits per heavy atom. The smallest absolute Gasteiger partial charge is 0.242 e. The predicted molar refractivity (Wildman–Crippen MR) is 78.5 cm³/mol. The number of halogens is 1. The Hall–Kier alpha value is -1.55. The minimum atomic E-state index is -0.398. The standard InChI is InChI=1S/C15H19ClN2O2/c1-10-7-13(18-14(19)8-10)15(20)17-6-5-11-3-2-4-12(16)9-11/h2-4,9-10,13H,5-8H2,1H3,(H,17,20)(H,18,19)/t10-,13-/m1/s1. The first-order valence-electron chi connectivity index (χ1n) is 6.86. The van der Waals surface area contributed by atoms with Gasteiger partial charge in [-0.25, -0.2) is 0 Å². The Morgan fingerprint density at radius 3 is 3.00 bits per heavy atom. The van der Waals surface area contributed by atoms with Crippen LogP contribution in [-0.2, 0) is 16.0 Å². The summed E-state index contributed by atoms with van der Waals surface area (Å²) in [4.78, 5) is 23.4. The topological polar surface area (TPSA) is 58.2 Å². The van der Waals surface area contributed by atoms with Crippen LogP contribution in [0, 0.1) is 5.92 Å². The van der Waals surface area contributed by atoms with Crippen molar-refractivity contribution in [3.63, 3.8) is 0 Å². The maximum absolute atomic E-state index is 12.0. The van der Waals surface area contributed by atoms with Gasteiger partial charge in [0.25, 0.3) is 0 Å². The zero-order valence-corrected chi connectivity index (χ0v) is 12.2. The highest BCUT2D eigenvalue weighted by Crippen LogP contribution is 2.16. The summed E-state index contributed by atoms with van der Waals surface area (Å²) in [5.74, 6) is 0.109. The summed E-state index contributed by atoms with van der Waals surface area (Å²) in [5.41, 5.74) is 1.08. The molecule has 0 spiro atoms. The second-order valence-corrected chi connectivity index (χ2v) is 5.77. The quantitative estimate of drug-likeness (QED) is 0.891. The summed E-state index contributed by atoms with van der Waals surface area (Å²) in [5, 5.41) is 6.29. The van der Waals surface area contributed by atoms with Crippen LogP contribution in [0.15, 0.2) is 24.3 Å². The number of hydrogen-bond donors (Lipinski definition) is 2. The lowest BCUT2D eigenvalue weighted by Crippen LogP contribution is -2.51. The van der Waals surface area contributed by atoms with Crippen LogP contribution in [0.1, 0.15) is 25.3 Å². The van der Waals surface area contributed by atoms with Gasteiger partial charge in [0.1, 0.15) is 6.04 Å². The van der Waals surface area contributed by atoms with Crippen LogP contribution in [0.2, 0.25) is 5.02 Å². The molecule has 5 heteroatoms. The molecular weight excluding hydrogens is 276 g/mol. The number of nitrogens with one attached hydrogen (secondary N) is 2. The van der Waals surface area contributed by atoms with Crippen molar-refractivity contribution < 1.29 is 9.59 Å². The minimum Gasteiger partial charge on any atom is -0.354 e. The number of rotatable bonds is 4. The first kappa shape index (κ1) is 14.9. The Bertz CT molecular complexity index is 504. The van der Waals surface area contributed by atoms with Gasteiger partial charge in [-0.15, -0.1) is 0 Å². The molecule has 1 heterocycles. The molecule has 0 aromatic heterocycles. The summed E-state index contributed by atoms with van der Waals surface area (Å²) < 4.78 is 0. The molecule has 2 N–H and O–H groups in total. The molecular formula is C15H19ClN2O2. The molecule has 2 rings (SSSR count). The molecule has 1 aromatic rings. The van der Waals surface area contributed by atoms with Crippen molar-refractivity contribution in [1.29, 1.82) is 0 Å². The van der Waals surface area contributed by atoms with Crippen molar-refractivity contribution in [2.45, 2.75) is 32.2 Å². The van der Waals surface area contributed by atoms with Crippen molar-refractivity contribution in [2.24, 2.45) is 5.92 Å². The highest BCUT2D eigenvalue weighted by Gasteiger charge is 2.28. The van der Waals surface area contributed by atoms with Gasteiger partial charge >= 0.3 is 0 Å². The molecule has 1 fully saturated rings. The fraction of sp³-hybridized carbons (Fsp3) is 0.467. The van der Waals surface area contributed by atoms with E-state index in [2.05, 4.69) is 10.6 Å². The molecule has 0 saturated carbocycles. The van der Waals surface area contributed by atoms with Crippen LogP contribution in [0.25, 0.3) is 0 Å². The second kappa shape index (κ2) is 6.75. The van der Waals surface area contributed by atoms with E-state index in [9.17, 15) is 9.59 Å². The Labute approximate surface area is 123 Å². The average Bonchev–Trinajstić information content (AvgIpc) is 2.37. The van der Waals surface area contributed by atoms with Gasteiger partial charge < -0.3 is 10.6 Å². The van der Waals surface area contributed by atoms with Crippen LogP contribution in [0.5, 0.6) is 0 Å². The van der Waals surface area contributed by atoms with Crippen LogP contribution in [0.4, 0.5) is 0 Å². The number of piperidine rings is 1. The van der Waals surface area contributed by atoms with Gasteiger partial charge in [0.2, 0.25) is 11.8 Å². The fourth-order valence-corrected chi connectivity index (χ4v) is 2.65. The number of hydrogen-bond acceptors (Lipinski definition) is 2. The monoisotopic (exact) mass is 294 g/mol. The van der Waals surface area contributed by atoms with Gasteiger partial charge in [-0.05, 0) is 36.5 Å². The molecule has 1 aliphatic rings. The molecule has 0 aliphatic carbocycles. The van der Waals surface area contributed by atoms with Crippen LogP contribution in [0.3, 0.4) is 0 Å². The van der Waals surface area contributed by atoms with Gasteiger partial charge in [-0.1, -0.05) is 30.7 Å². The third kappa shape index (κ3) is 4.23. The lowest BCUT2D eigenvalue weighted by Gasteiger charge is -2.26. The van der Waals surface area contributed by atoms with E-state index in [1.807, 2.05) is 31.2 Å². The van der Waals surface area contributed by atoms with E-state index < -0.39 is 6.04 Å². The molecule has 2 atom stereocenters. The third-order valence-electron chi connectivity index (χ3n) is 3.43. The normalized spacial score (nSPS) is 22.2. The maximum Gasteiger partial charge on any atom is 0.242 e. The SMILES string of the molecule is C[C@H]1CC(=O)N[C@@H](C(=O)NCCc2cccc(Cl)c2)C1. The third-order valence-corrected chi connectivity index (χ3v) is 3.66. The number of carbonyl (C=O) groups excluding carboxylic acids is 2. The first-order valence-corrected chi connectivity index (χ1v) is 7.24. The highest BCUT2D eigenvalue weighted by atomic mass is 35.5.